The molecular formula is C61H34N4O2. The maximum absolute atomic E-state index is 6.87. The summed E-state index contributed by atoms with van der Waals surface area (Å²) in [5, 5.41) is 15.9. The number of nitrogens with zero attached hydrogens (tertiary/aromatic N) is 4. The predicted molar refractivity (Wildman–Crippen MR) is 275 cm³/mol. The third-order valence-corrected chi connectivity index (χ3v) is 13.7. The van der Waals surface area contributed by atoms with Gasteiger partial charge < -0.3 is 13.4 Å². The van der Waals surface area contributed by atoms with Crippen LogP contribution in [-0.2, 0) is 0 Å². The van der Waals surface area contributed by atoms with E-state index in [1.165, 1.54) is 32.3 Å². The molecule has 67 heavy (non-hydrogen) atoms. The molecule has 15 aromatic rings. The molecule has 15 rings (SSSR count). The van der Waals surface area contributed by atoms with Crippen LogP contribution in [0.4, 0.5) is 0 Å². The highest BCUT2D eigenvalue weighted by molar-refractivity contribution is 6.25. The van der Waals surface area contributed by atoms with Crippen molar-refractivity contribution < 1.29 is 8.83 Å². The van der Waals surface area contributed by atoms with Gasteiger partial charge in [-0.15, -0.1) is 0 Å². The second-order valence-electron chi connectivity index (χ2n) is 17.5. The van der Waals surface area contributed by atoms with Crippen LogP contribution in [0.25, 0.3) is 149 Å². The summed E-state index contributed by atoms with van der Waals surface area (Å²) in [6.45, 7) is 0. The molecule has 0 radical (unpaired) electrons. The minimum absolute atomic E-state index is 0.518. The van der Waals surface area contributed by atoms with Crippen LogP contribution in [0, 0.1) is 0 Å². The van der Waals surface area contributed by atoms with Crippen molar-refractivity contribution in [2.45, 2.75) is 0 Å². The Bertz CT molecular complexity index is 4590. The zero-order valence-corrected chi connectivity index (χ0v) is 35.7. The van der Waals surface area contributed by atoms with Crippen LogP contribution < -0.4 is 0 Å². The lowest BCUT2D eigenvalue weighted by atomic mass is 9.99. The van der Waals surface area contributed by atoms with Crippen LogP contribution in [0.5, 0.6) is 0 Å². The molecule has 0 unspecified atom stereocenters. The predicted octanol–water partition coefficient (Wildman–Crippen LogP) is 16.4. The average molecular weight is 855 g/mol. The topological polar surface area (TPSA) is 69.9 Å². The van der Waals surface area contributed by atoms with Gasteiger partial charge in [-0.3, -0.25) is 0 Å². The fourth-order valence-corrected chi connectivity index (χ4v) is 10.6. The van der Waals surface area contributed by atoms with Crippen molar-refractivity contribution in [2.24, 2.45) is 0 Å². The molecule has 0 saturated carbocycles. The molecule has 0 fully saturated rings. The van der Waals surface area contributed by atoms with Crippen molar-refractivity contribution in [2.75, 3.05) is 0 Å². The number of rotatable bonds is 4. The van der Waals surface area contributed by atoms with Gasteiger partial charge in [0, 0.05) is 49.1 Å². The Morgan fingerprint density at radius 2 is 0.896 bits per heavy atom. The van der Waals surface area contributed by atoms with Crippen molar-refractivity contribution in [3.63, 3.8) is 0 Å². The quantitative estimate of drug-likeness (QED) is 0.176. The van der Waals surface area contributed by atoms with Gasteiger partial charge >= 0.3 is 0 Å². The number of hydrogen-bond acceptors (Lipinski definition) is 5. The van der Waals surface area contributed by atoms with E-state index in [1.807, 2.05) is 36.4 Å². The zero-order chi connectivity index (χ0) is 43.7. The molecule has 6 heteroatoms. The molecule has 0 atom stereocenters. The van der Waals surface area contributed by atoms with E-state index in [0.717, 1.165) is 98.8 Å². The highest BCUT2D eigenvalue weighted by Crippen LogP contribution is 2.44. The normalized spacial score (nSPS) is 12.2. The van der Waals surface area contributed by atoms with Gasteiger partial charge in [0.15, 0.2) is 17.5 Å². The lowest BCUT2D eigenvalue weighted by molar-refractivity contribution is 0.668. The van der Waals surface area contributed by atoms with E-state index in [0.29, 0.717) is 17.5 Å². The summed E-state index contributed by atoms with van der Waals surface area (Å²) in [5.74, 6) is 1.63. The second-order valence-corrected chi connectivity index (χ2v) is 17.5. The summed E-state index contributed by atoms with van der Waals surface area (Å²) in [6, 6.07) is 72.9. The monoisotopic (exact) mass is 854 g/mol. The van der Waals surface area contributed by atoms with E-state index in [4.69, 9.17) is 23.8 Å². The molecule has 4 aromatic heterocycles. The lowest BCUT2D eigenvalue weighted by Gasteiger charge is -2.13. The molecule has 0 N–H and O–H groups in total. The van der Waals surface area contributed by atoms with E-state index in [9.17, 15) is 0 Å². The van der Waals surface area contributed by atoms with Gasteiger partial charge in [-0.25, -0.2) is 15.0 Å². The van der Waals surface area contributed by atoms with E-state index >= 15 is 0 Å². The van der Waals surface area contributed by atoms with Crippen LogP contribution in [0.1, 0.15) is 0 Å². The highest BCUT2D eigenvalue weighted by atomic mass is 16.3. The maximum atomic E-state index is 6.87. The third kappa shape index (κ3) is 5.41. The summed E-state index contributed by atoms with van der Waals surface area (Å²) >= 11 is 0. The summed E-state index contributed by atoms with van der Waals surface area (Å²) in [5.41, 5.74) is 9.02. The number of furan rings is 2. The average Bonchev–Trinajstić information content (AvgIpc) is 4.07. The SMILES string of the molecule is c1ccc2cc(-c3nc(-c4ccc5c(c4)oc4ccccc45)nc(-c4cc5cc(-n6c7cc8ccccc8cc7c7c8ccccc8ccc76)ccc5c5c4oc4ccccc45)n3)ccc2c1. The number of fused-ring (bicyclic) bond motifs is 15. The molecule has 0 aliphatic rings. The first-order valence-corrected chi connectivity index (χ1v) is 22.6. The van der Waals surface area contributed by atoms with Crippen molar-refractivity contribution in [3.8, 4) is 39.9 Å². The zero-order valence-electron chi connectivity index (χ0n) is 35.7. The lowest BCUT2D eigenvalue weighted by Crippen LogP contribution is -2.01. The molecule has 0 aliphatic carbocycles. The molecule has 0 saturated heterocycles. The van der Waals surface area contributed by atoms with Crippen LogP contribution >= 0.6 is 0 Å². The van der Waals surface area contributed by atoms with Gasteiger partial charge in [0.25, 0.3) is 0 Å². The molecule has 310 valence electrons. The van der Waals surface area contributed by atoms with Gasteiger partial charge in [0.1, 0.15) is 22.3 Å². The van der Waals surface area contributed by atoms with Gasteiger partial charge in [-0.2, -0.15) is 0 Å². The summed E-state index contributed by atoms with van der Waals surface area (Å²) in [6.07, 6.45) is 0. The first-order chi connectivity index (χ1) is 33.2. The molecule has 0 spiro atoms. The standard InChI is InChI=1S/C61H34N4O2/c1-2-13-37-29-40(22-21-35(37)11-1)59-62-60(41-23-26-47-46-17-7-9-19-53(46)66-55(47)34-41)64-61(63-59)50-32-42-30-43(25-27-45(42)57-48-18-8-10-20-54(48)67-58(50)57)65-51-28-24-36-12-5-6-16-44(36)56(51)49-31-38-14-3-4-15-39(38)33-52(49)65/h1-34H. The van der Waals surface area contributed by atoms with Crippen molar-refractivity contribution in [3.05, 3.63) is 206 Å². The van der Waals surface area contributed by atoms with Crippen LogP contribution in [0.3, 0.4) is 0 Å². The van der Waals surface area contributed by atoms with Crippen LogP contribution in [0.15, 0.2) is 215 Å². The Balaban J connectivity index is 1.01. The molecule has 0 bridgehead atoms. The number of hydrogen-bond donors (Lipinski definition) is 0. The van der Waals surface area contributed by atoms with E-state index in [2.05, 4.69) is 174 Å². The van der Waals surface area contributed by atoms with Gasteiger partial charge in [-0.05, 0) is 110 Å². The maximum Gasteiger partial charge on any atom is 0.167 e. The minimum atomic E-state index is 0.518. The summed E-state index contributed by atoms with van der Waals surface area (Å²) in [7, 11) is 0. The summed E-state index contributed by atoms with van der Waals surface area (Å²) in [4.78, 5) is 15.9. The molecule has 0 aliphatic heterocycles. The number of benzene rings is 11. The van der Waals surface area contributed by atoms with Crippen molar-refractivity contribution >= 4 is 109 Å². The Morgan fingerprint density at radius 1 is 0.313 bits per heavy atom. The largest absolute Gasteiger partial charge is 0.456 e. The first-order valence-electron chi connectivity index (χ1n) is 22.6. The fourth-order valence-electron chi connectivity index (χ4n) is 10.6. The summed E-state index contributed by atoms with van der Waals surface area (Å²) < 4.78 is 15.7. The Morgan fingerprint density at radius 3 is 1.72 bits per heavy atom. The molecular weight excluding hydrogens is 821 g/mol. The van der Waals surface area contributed by atoms with E-state index in [-0.39, 0.29) is 0 Å². The van der Waals surface area contributed by atoms with Gasteiger partial charge in [-0.1, -0.05) is 140 Å². The van der Waals surface area contributed by atoms with E-state index in [1.54, 1.807) is 0 Å². The smallest absolute Gasteiger partial charge is 0.167 e. The van der Waals surface area contributed by atoms with Crippen LogP contribution in [0.2, 0.25) is 0 Å². The van der Waals surface area contributed by atoms with E-state index < -0.39 is 0 Å². The minimum Gasteiger partial charge on any atom is -0.456 e. The first kappa shape index (κ1) is 36.2. The Labute approximate surface area is 381 Å². The van der Waals surface area contributed by atoms with Crippen LogP contribution in [-0.4, -0.2) is 19.5 Å². The molecule has 4 heterocycles. The third-order valence-electron chi connectivity index (χ3n) is 13.7. The second kappa shape index (κ2) is 13.7. The van der Waals surface area contributed by atoms with Gasteiger partial charge in [0.05, 0.1) is 16.6 Å². The van der Waals surface area contributed by atoms with Crippen molar-refractivity contribution in [1.82, 2.24) is 19.5 Å². The fraction of sp³-hybridized carbons (Fsp3) is 0. The van der Waals surface area contributed by atoms with Crippen molar-refractivity contribution in [1.29, 1.82) is 0 Å². The highest BCUT2D eigenvalue weighted by Gasteiger charge is 2.23. The number of aromatic nitrogens is 4. The Hall–Kier alpha value is -9.13. The molecule has 11 aromatic carbocycles. The Kier molecular flexibility index (Phi) is 7.40. The number of para-hydroxylation sites is 2. The molecule has 0 amide bonds. The van der Waals surface area contributed by atoms with Gasteiger partial charge in [0.2, 0.25) is 0 Å². The molecule has 6 nitrogen and oxygen atoms in total.